The molecule has 0 N–H and O–H groups in total. The van der Waals surface area contributed by atoms with Gasteiger partial charge in [-0.1, -0.05) is 0 Å². The molecule has 0 spiro atoms. The van der Waals surface area contributed by atoms with Crippen LogP contribution in [0, 0.1) is 0 Å². The molecule has 3 fully saturated rings. The fourth-order valence-electron chi connectivity index (χ4n) is 4.45. The van der Waals surface area contributed by atoms with Crippen molar-refractivity contribution in [2.75, 3.05) is 26.4 Å². The Morgan fingerprint density at radius 2 is 0.658 bits per heavy atom. The van der Waals surface area contributed by atoms with Crippen LogP contribution in [0.15, 0.2) is 0 Å². The molecule has 3 heterocycles. The zero-order valence-electron chi connectivity index (χ0n) is 22.7. The second kappa shape index (κ2) is 13.7. The topological polar surface area (TPSA) is 142 Å². The molecule has 12 nitrogen and oxygen atoms in total. The third kappa shape index (κ3) is 10.1. The number of ether oxygens (including phenoxy) is 8. The lowest BCUT2D eigenvalue weighted by Gasteiger charge is -2.17. The van der Waals surface area contributed by atoms with Gasteiger partial charge in [0.2, 0.25) is 0 Å². The maximum absolute atomic E-state index is 12.2. The predicted molar refractivity (Wildman–Crippen MR) is 128 cm³/mol. The number of esters is 4. The van der Waals surface area contributed by atoms with Crippen LogP contribution in [-0.2, 0) is 57.1 Å². The summed E-state index contributed by atoms with van der Waals surface area (Å²) in [5.74, 6) is -3.52. The van der Waals surface area contributed by atoms with Gasteiger partial charge in [-0.25, -0.2) is 0 Å². The molecule has 0 unspecified atom stereocenters. The first kappa shape index (κ1) is 30.3. The van der Waals surface area contributed by atoms with Crippen molar-refractivity contribution in [2.45, 2.75) is 115 Å². The molecular formula is C26H40O12. The van der Waals surface area contributed by atoms with E-state index in [9.17, 15) is 19.2 Å². The zero-order valence-corrected chi connectivity index (χ0v) is 22.7. The molecule has 0 aliphatic carbocycles. The standard InChI is InChI=1S/C26H40O12/c1-25(2)35-17-13-31-21(27)9-5-7-11-23(29)33-15-19-20(38-26(3,4)37-19)16-34-24(30)12-8-6-10-22(28)32-14-18(17)36-25/h17-20H,5-16H2,1-4H3/t17-,18-,19-,20-/m0/s1. The number of fused-ring (bicyclic) bond motifs is 2. The summed E-state index contributed by atoms with van der Waals surface area (Å²) < 4.78 is 44.6. The Morgan fingerprint density at radius 1 is 0.447 bits per heavy atom. The van der Waals surface area contributed by atoms with Gasteiger partial charge in [-0.05, 0) is 53.4 Å². The van der Waals surface area contributed by atoms with Crippen molar-refractivity contribution in [1.82, 2.24) is 0 Å². The van der Waals surface area contributed by atoms with E-state index in [1.54, 1.807) is 27.7 Å². The summed E-state index contributed by atoms with van der Waals surface area (Å²) in [6, 6.07) is 0. The first-order chi connectivity index (χ1) is 17.9. The summed E-state index contributed by atoms with van der Waals surface area (Å²) in [5, 5.41) is 0. The lowest BCUT2D eigenvalue weighted by atomic mass is 10.2. The van der Waals surface area contributed by atoms with Crippen LogP contribution in [0.5, 0.6) is 0 Å². The Balaban J connectivity index is 1.55. The predicted octanol–water partition coefficient (Wildman–Crippen LogP) is 2.33. The van der Waals surface area contributed by atoms with Crippen LogP contribution in [0.2, 0.25) is 0 Å². The maximum atomic E-state index is 12.2. The molecule has 12 heteroatoms. The lowest BCUT2D eigenvalue weighted by Crippen LogP contribution is -2.33. The van der Waals surface area contributed by atoms with Gasteiger partial charge in [-0.3, -0.25) is 19.2 Å². The molecule has 4 atom stereocenters. The van der Waals surface area contributed by atoms with Crippen LogP contribution in [0.1, 0.15) is 79.1 Å². The minimum atomic E-state index is -0.914. The molecule has 3 aliphatic rings. The van der Waals surface area contributed by atoms with E-state index in [2.05, 4.69) is 0 Å². The van der Waals surface area contributed by atoms with E-state index < -0.39 is 59.9 Å². The Kier molecular flexibility index (Phi) is 10.9. The number of rotatable bonds is 0. The third-order valence-corrected chi connectivity index (χ3v) is 6.23. The SMILES string of the molecule is CC1(C)O[C@H]2COC(=O)CCCCC(=O)OC[C@@H]3OC(C)(C)O[C@H]3COC(=O)CCCCC(=O)OC[C@@H]2O1. The van der Waals surface area contributed by atoms with Crippen LogP contribution in [0.25, 0.3) is 0 Å². The summed E-state index contributed by atoms with van der Waals surface area (Å²) in [6.07, 6.45) is -0.0739. The number of carbonyl (C=O) groups is 4. The van der Waals surface area contributed by atoms with Crippen molar-refractivity contribution in [2.24, 2.45) is 0 Å². The zero-order chi connectivity index (χ0) is 27.8. The molecule has 3 aliphatic heterocycles. The van der Waals surface area contributed by atoms with Crippen molar-refractivity contribution < 1.29 is 57.1 Å². The molecule has 0 saturated carbocycles. The van der Waals surface area contributed by atoms with Gasteiger partial charge in [0.25, 0.3) is 0 Å². The fourth-order valence-corrected chi connectivity index (χ4v) is 4.45. The normalized spacial score (nSPS) is 32.5. The molecule has 3 saturated heterocycles. The second-order valence-electron chi connectivity index (χ2n) is 10.6. The molecule has 0 bridgehead atoms. The van der Waals surface area contributed by atoms with Gasteiger partial charge >= 0.3 is 23.9 Å². The number of hydrogen-bond donors (Lipinski definition) is 0. The van der Waals surface area contributed by atoms with Gasteiger partial charge in [0.1, 0.15) is 50.8 Å². The third-order valence-electron chi connectivity index (χ3n) is 6.23. The second-order valence-corrected chi connectivity index (χ2v) is 10.6. The Hall–Kier alpha value is -2.28. The quantitative estimate of drug-likeness (QED) is 0.326. The van der Waals surface area contributed by atoms with Crippen LogP contribution >= 0.6 is 0 Å². The first-order valence-corrected chi connectivity index (χ1v) is 13.3. The number of carbonyl (C=O) groups excluding carboxylic acids is 4. The van der Waals surface area contributed by atoms with Crippen LogP contribution in [0.4, 0.5) is 0 Å². The maximum Gasteiger partial charge on any atom is 0.305 e. The highest BCUT2D eigenvalue weighted by molar-refractivity contribution is 5.71. The van der Waals surface area contributed by atoms with E-state index >= 15 is 0 Å². The van der Waals surface area contributed by atoms with E-state index in [-0.39, 0.29) is 52.1 Å². The van der Waals surface area contributed by atoms with Gasteiger partial charge in [-0.15, -0.1) is 0 Å². The smallest absolute Gasteiger partial charge is 0.305 e. The van der Waals surface area contributed by atoms with Crippen molar-refractivity contribution in [3.05, 3.63) is 0 Å². The molecule has 0 amide bonds. The minimum absolute atomic E-state index is 0.0460. The monoisotopic (exact) mass is 544 g/mol. The lowest BCUT2D eigenvalue weighted by molar-refractivity contribution is -0.164. The molecule has 3 rings (SSSR count). The fraction of sp³-hybridized carbons (Fsp3) is 0.846. The van der Waals surface area contributed by atoms with Crippen molar-refractivity contribution in [3.8, 4) is 0 Å². The van der Waals surface area contributed by atoms with E-state index in [1.165, 1.54) is 0 Å². The van der Waals surface area contributed by atoms with Gasteiger partial charge in [0, 0.05) is 25.7 Å². The molecule has 38 heavy (non-hydrogen) atoms. The minimum Gasteiger partial charge on any atom is -0.463 e. The molecule has 0 radical (unpaired) electrons. The molecule has 0 aromatic rings. The highest BCUT2D eigenvalue weighted by Gasteiger charge is 2.43. The highest BCUT2D eigenvalue weighted by Crippen LogP contribution is 2.30. The van der Waals surface area contributed by atoms with E-state index in [0.717, 1.165) is 0 Å². The molecular weight excluding hydrogens is 504 g/mol. The average Bonchev–Trinajstić information content (AvgIpc) is 3.31. The summed E-state index contributed by atoms with van der Waals surface area (Å²) in [6.45, 7) is 6.73. The summed E-state index contributed by atoms with van der Waals surface area (Å²) >= 11 is 0. The van der Waals surface area contributed by atoms with Crippen molar-refractivity contribution in [1.29, 1.82) is 0 Å². The number of hydrogen-bond acceptors (Lipinski definition) is 12. The average molecular weight is 545 g/mol. The highest BCUT2D eigenvalue weighted by atomic mass is 16.8. The van der Waals surface area contributed by atoms with E-state index in [0.29, 0.717) is 25.7 Å². The van der Waals surface area contributed by atoms with Crippen LogP contribution in [-0.4, -0.2) is 86.3 Å². The molecule has 0 aromatic heterocycles. The van der Waals surface area contributed by atoms with Gasteiger partial charge < -0.3 is 37.9 Å². The Morgan fingerprint density at radius 3 is 0.868 bits per heavy atom. The van der Waals surface area contributed by atoms with Gasteiger partial charge in [0.05, 0.1) is 0 Å². The van der Waals surface area contributed by atoms with Gasteiger partial charge in [0.15, 0.2) is 11.6 Å². The first-order valence-electron chi connectivity index (χ1n) is 13.3. The summed E-state index contributed by atoms with van der Waals surface area (Å²) in [5.41, 5.74) is 0. The van der Waals surface area contributed by atoms with Crippen LogP contribution < -0.4 is 0 Å². The largest absolute Gasteiger partial charge is 0.463 e. The van der Waals surface area contributed by atoms with Crippen molar-refractivity contribution >= 4 is 23.9 Å². The summed E-state index contributed by atoms with van der Waals surface area (Å²) in [4.78, 5) is 48.8. The van der Waals surface area contributed by atoms with E-state index in [1.807, 2.05) is 0 Å². The Labute approximate surface area is 222 Å². The van der Waals surface area contributed by atoms with Crippen molar-refractivity contribution in [3.63, 3.8) is 0 Å². The Bertz CT molecular complexity index is 706. The molecule has 216 valence electrons. The van der Waals surface area contributed by atoms with Crippen LogP contribution in [0.3, 0.4) is 0 Å². The molecule has 0 aromatic carbocycles. The summed E-state index contributed by atoms with van der Waals surface area (Å²) in [7, 11) is 0. The van der Waals surface area contributed by atoms with E-state index in [4.69, 9.17) is 37.9 Å². The van der Waals surface area contributed by atoms with Gasteiger partial charge in [-0.2, -0.15) is 0 Å². The number of cyclic esters (lactones) is 4.